The van der Waals surface area contributed by atoms with Gasteiger partial charge in [-0.2, -0.15) is 0 Å². The summed E-state index contributed by atoms with van der Waals surface area (Å²) in [5.74, 6) is -0.427. The van der Waals surface area contributed by atoms with E-state index in [1.807, 2.05) is 13.8 Å². The summed E-state index contributed by atoms with van der Waals surface area (Å²) in [6.45, 7) is 3.64. The maximum absolute atomic E-state index is 12.1. The molecule has 0 aliphatic carbocycles. The average Bonchev–Trinajstić information content (AvgIpc) is 2.58. The van der Waals surface area contributed by atoms with Crippen LogP contribution in [0.4, 0.5) is 17.1 Å². The number of carbonyl (C=O) groups excluding carboxylic acids is 2. The van der Waals surface area contributed by atoms with Gasteiger partial charge in [0.2, 0.25) is 11.8 Å². The summed E-state index contributed by atoms with van der Waals surface area (Å²) >= 11 is 17.9. The molecule has 8 heteroatoms. The second-order valence-corrected chi connectivity index (χ2v) is 7.09. The molecule has 0 radical (unpaired) electrons. The van der Waals surface area contributed by atoms with Gasteiger partial charge in [0.25, 0.3) is 0 Å². The molecule has 0 atom stereocenters. The number of hydrogen-bond donors (Lipinski definition) is 3. The van der Waals surface area contributed by atoms with Crippen LogP contribution in [0.5, 0.6) is 0 Å². The Morgan fingerprint density at radius 2 is 1.42 bits per heavy atom. The molecule has 0 unspecified atom stereocenters. The summed E-state index contributed by atoms with van der Waals surface area (Å²) in [6.07, 6.45) is 0. The third kappa shape index (κ3) is 5.80. The highest BCUT2D eigenvalue weighted by Crippen LogP contribution is 2.32. The average molecular weight is 415 g/mol. The number of nitrogens with one attached hydrogen (secondary N) is 3. The molecule has 0 saturated heterocycles. The van der Waals surface area contributed by atoms with Crippen molar-refractivity contribution < 1.29 is 9.59 Å². The van der Waals surface area contributed by atoms with Gasteiger partial charge in [-0.25, -0.2) is 0 Å². The van der Waals surface area contributed by atoms with Crippen molar-refractivity contribution in [1.82, 2.24) is 0 Å². The van der Waals surface area contributed by atoms with Gasteiger partial charge in [-0.15, -0.1) is 0 Å². The standard InChI is InChI=1S/C18H18Cl3N3O2/c1-10(2)18(26)24-12-5-3-11(4-6-12)23-17(25)9-22-16-8-14(20)13(19)7-15(16)21/h3-8,10,22H,9H2,1-2H3,(H,23,25)(H,24,26). The lowest BCUT2D eigenvalue weighted by molar-refractivity contribution is -0.119. The number of amides is 2. The van der Waals surface area contributed by atoms with Gasteiger partial charge in [0, 0.05) is 17.3 Å². The van der Waals surface area contributed by atoms with E-state index in [-0.39, 0.29) is 24.3 Å². The lowest BCUT2D eigenvalue weighted by atomic mass is 10.2. The number of carbonyl (C=O) groups is 2. The van der Waals surface area contributed by atoms with Gasteiger partial charge in [0.15, 0.2) is 0 Å². The number of anilines is 3. The van der Waals surface area contributed by atoms with E-state index in [0.717, 1.165) is 0 Å². The van der Waals surface area contributed by atoms with Crippen LogP contribution in [0, 0.1) is 5.92 Å². The van der Waals surface area contributed by atoms with Crippen LogP contribution in [0.25, 0.3) is 0 Å². The van der Waals surface area contributed by atoms with Crippen LogP contribution in [0.3, 0.4) is 0 Å². The van der Waals surface area contributed by atoms with E-state index in [9.17, 15) is 9.59 Å². The normalized spacial score (nSPS) is 10.5. The molecular formula is C18H18Cl3N3O2. The second kappa shape index (κ2) is 9.12. The van der Waals surface area contributed by atoms with Gasteiger partial charge >= 0.3 is 0 Å². The predicted octanol–water partition coefficient (Wildman–Crippen LogP) is 5.29. The Hall–Kier alpha value is -1.95. The molecular weight excluding hydrogens is 397 g/mol. The lowest BCUT2D eigenvalue weighted by Crippen LogP contribution is -2.22. The molecule has 0 aliphatic heterocycles. The molecule has 2 aromatic rings. The van der Waals surface area contributed by atoms with E-state index in [4.69, 9.17) is 34.8 Å². The Bertz CT molecular complexity index is 808. The highest BCUT2D eigenvalue weighted by molar-refractivity contribution is 6.44. The Morgan fingerprint density at radius 1 is 0.885 bits per heavy atom. The van der Waals surface area contributed by atoms with Crippen molar-refractivity contribution in [3.63, 3.8) is 0 Å². The molecule has 2 aromatic carbocycles. The highest BCUT2D eigenvalue weighted by atomic mass is 35.5. The number of rotatable bonds is 6. The lowest BCUT2D eigenvalue weighted by Gasteiger charge is -2.11. The van der Waals surface area contributed by atoms with E-state index in [1.165, 1.54) is 6.07 Å². The summed E-state index contributed by atoms with van der Waals surface area (Å²) < 4.78 is 0. The van der Waals surface area contributed by atoms with Crippen LogP contribution < -0.4 is 16.0 Å². The van der Waals surface area contributed by atoms with Gasteiger partial charge in [0.05, 0.1) is 27.3 Å². The van der Waals surface area contributed by atoms with Gasteiger partial charge in [0.1, 0.15) is 0 Å². The van der Waals surface area contributed by atoms with Gasteiger partial charge < -0.3 is 16.0 Å². The summed E-state index contributed by atoms with van der Waals surface area (Å²) in [7, 11) is 0. The van der Waals surface area contributed by atoms with Gasteiger partial charge in [-0.05, 0) is 36.4 Å². The van der Waals surface area contributed by atoms with Gasteiger partial charge in [-0.3, -0.25) is 9.59 Å². The van der Waals surface area contributed by atoms with E-state index < -0.39 is 0 Å². The Kier molecular flexibility index (Phi) is 7.14. The minimum atomic E-state index is -0.258. The van der Waals surface area contributed by atoms with E-state index in [0.29, 0.717) is 32.1 Å². The molecule has 26 heavy (non-hydrogen) atoms. The fourth-order valence-corrected chi connectivity index (χ4v) is 2.58. The zero-order valence-electron chi connectivity index (χ0n) is 14.2. The molecule has 0 aliphatic rings. The smallest absolute Gasteiger partial charge is 0.243 e. The largest absolute Gasteiger partial charge is 0.375 e. The maximum Gasteiger partial charge on any atom is 0.243 e. The topological polar surface area (TPSA) is 70.2 Å². The van der Waals surface area contributed by atoms with Crippen LogP contribution in [-0.4, -0.2) is 18.4 Å². The van der Waals surface area contributed by atoms with Crippen molar-refractivity contribution in [2.45, 2.75) is 13.8 Å². The van der Waals surface area contributed by atoms with Crippen LogP contribution in [0.2, 0.25) is 15.1 Å². The zero-order valence-corrected chi connectivity index (χ0v) is 16.5. The molecule has 0 spiro atoms. The minimum absolute atomic E-state index is 0.00349. The van der Waals surface area contributed by atoms with Crippen molar-refractivity contribution in [3.05, 3.63) is 51.5 Å². The summed E-state index contributed by atoms with van der Waals surface area (Å²) in [5.41, 5.74) is 1.80. The maximum atomic E-state index is 12.1. The summed E-state index contributed by atoms with van der Waals surface area (Å²) in [4.78, 5) is 23.7. The predicted molar refractivity (Wildman–Crippen MR) is 109 cm³/mol. The monoisotopic (exact) mass is 413 g/mol. The SMILES string of the molecule is CC(C)C(=O)Nc1ccc(NC(=O)CNc2cc(Cl)c(Cl)cc2Cl)cc1. The molecule has 0 fully saturated rings. The van der Waals surface area contributed by atoms with Crippen molar-refractivity contribution in [2.75, 3.05) is 22.5 Å². The Labute approximate surface area is 167 Å². The van der Waals surface area contributed by atoms with Crippen LogP contribution in [0.1, 0.15) is 13.8 Å². The molecule has 2 amide bonds. The number of benzene rings is 2. The van der Waals surface area contributed by atoms with Crippen LogP contribution >= 0.6 is 34.8 Å². The van der Waals surface area contributed by atoms with E-state index in [1.54, 1.807) is 30.3 Å². The third-order valence-electron chi connectivity index (χ3n) is 3.41. The molecule has 3 N–H and O–H groups in total. The Balaban J connectivity index is 1.90. The molecule has 2 rings (SSSR count). The molecule has 0 aromatic heterocycles. The highest BCUT2D eigenvalue weighted by Gasteiger charge is 2.09. The fourth-order valence-electron chi connectivity index (χ4n) is 1.96. The van der Waals surface area contributed by atoms with Crippen molar-refractivity contribution in [2.24, 2.45) is 5.92 Å². The van der Waals surface area contributed by atoms with Crippen molar-refractivity contribution in [3.8, 4) is 0 Å². The zero-order chi connectivity index (χ0) is 19.3. The third-order valence-corrected chi connectivity index (χ3v) is 4.44. The molecule has 5 nitrogen and oxygen atoms in total. The number of hydrogen-bond acceptors (Lipinski definition) is 3. The number of halogens is 3. The molecule has 0 heterocycles. The molecule has 138 valence electrons. The van der Waals surface area contributed by atoms with Crippen LogP contribution in [-0.2, 0) is 9.59 Å². The quantitative estimate of drug-likeness (QED) is 0.562. The fraction of sp³-hybridized carbons (Fsp3) is 0.222. The van der Waals surface area contributed by atoms with Crippen LogP contribution in [0.15, 0.2) is 36.4 Å². The van der Waals surface area contributed by atoms with Crippen molar-refractivity contribution in [1.29, 1.82) is 0 Å². The van der Waals surface area contributed by atoms with Gasteiger partial charge in [-0.1, -0.05) is 48.7 Å². The molecule has 0 bridgehead atoms. The second-order valence-electron chi connectivity index (χ2n) is 5.87. The van der Waals surface area contributed by atoms with Crippen molar-refractivity contribution >= 4 is 63.7 Å². The summed E-state index contributed by atoms with van der Waals surface area (Å²) in [6, 6.07) is 9.93. The first-order valence-electron chi connectivity index (χ1n) is 7.85. The summed E-state index contributed by atoms with van der Waals surface area (Å²) in [5, 5.41) is 9.50. The minimum Gasteiger partial charge on any atom is -0.375 e. The molecule has 0 saturated carbocycles. The van der Waals surface area contributed by atoms with E-state index in [2.05, 4.69) is 16.0 Å². The first-order valence-corrected chi connectivity index (χ1v) is 8.99. The van der Waals surface area contributed by atoms with E-state index >= 15 is 0 Å². The first-order chi connectivity index (χ1) is 12.3. The Morgan fingerprint density at radius 3 is 2.00 bits per heavy atom. The first kappa shape index (κ1) is 20.4.